The number of ether oxygens (including phenoxy) is 1. The summed E-state index contributed by atoms with van der Waals surface area (Å²) in [6.45, 7) is 3.90. The Labute approximate surface area is 231 Å². The number of furan rings is 1. The molecule has 0 unspecified atom stereocenters. The summed E-state index contributed by atoms with van der Waals surface area (Å²) in [6.07, 6.45) is 1.77. The number of aromatic nitrogens is 1. The van der Waals surface area contributed by atoms with Gasteiger partial charge in [0, 0.05) is 35.3 Å². The largest absolute Gasteiger partial charge is 0.459 e. The molecule has 38 heavy (non-hydrogen) atoms. The van der Waals surface area contributed by atoms with Crippen LogP contribution in [0.3, 0.4) is 0 Å². The fourth-order valence-electron chi connectivity index (χ4n) is 4.59. The zero-order valence-corrected chi connectivity index (χ0v) is 22.8. The molecular formula is C29H27ClN4O3S. The van der Waals surface area contributed by atoms with Crippen molar-refractivity contribution in [3.05, 3.63) is 101 Å². The van der Waals surface area contributed by atoms with Crippen LogP contribution in [0, 0.1) is 13.8 Å². The highest BCUT2D eigenvalue weighted by Gasteiger charge is 2.42. The van der Waals surface area contributed by atoms with Gasteiger partial charge in [-0.15, -0.1) is 0 Å². The van der Waals surface area contributed by atoms with Crippen molar-refractivity contribution in [3.8, 4) is 11.3 Å². The van der Waals surface area contributed by atoms with Crippen LogP contribution in [-0.4, -0.2) is 29.7 Å². The van der Waals surface area contributed by atoms with Gasteiger partial charge in [0.25, 0.3) is 0 Å². The maximum absolute atomic E-state index is 12.0. The molecule has 0 radical (unpaired) electrons. The van der Waals surface area contributed by atoms with Gasteiger partial charge in [-0.25, -0.2) is 0 Å². The summed E-state index contributed by atoms with van der Waals surface area (Å²) in [5, 5.41) is 7.56. The van der Waals surface area contributed by atoms with E-state index >= 15 is 0 Å². The van der Waals surface area contributed by atoms with Crippen molar-refractivity contribution in [1.29, 1.82) is 0 Å². The van der Waals surface area contributed by atoms with Crippen LogP contribution >= 0.6 is 23.8 Å². The number of benzene rings is 2. The minimum atomic E-state index is -0.305. The summed E-state index contributed by atoms with van der Waals surface area (Å²) in [6, 6.07) is 20.9. The fourth-order valence-corrected chi connectivity index (χ4v) is 5.12. The molecule has 3 heterocycles. The van der Waals surface area contributed by atoms with Crippen molar-refractivity contribution in [2.24, 2.45) is 0 Å². The highest BCUT2D eigenvalue weighted by atomic mass is 35.5. The van der Waals surface area contributed by atoms with Gasteiger partial charge < -0.3 is 24.7 Å². The van der Waals surface area contributed by atoms with E-state index in [4.69, 9.17) is 33.0 Å². The summed E-state index contributed by atoms with van der Waals surface area (Å²) in [7, 11) is 1.49. The number of thiocarbonyl (C=S) groups is 1. The predicted molar refractivity (Wildman–Crippen MR) is 154 cm³/mol. The number of nitrogens with one attached hydrogen (secondary N) is 2. The first-order chi connectivity index (χ1) is 18.4. The van der Waals surface area contributed by atoms with Crippen molar-refractivity contribution >= 4 is 46.2 Å². The SMILES string of the molecule is COCC(=O)Nc1ccc(N2C(=S)N[C@@H](c3ccccn3)[C@@H]2c2ccc(-c3ccc(C)c(Cl)c3)o2)cc1C. The van der Waals surface area contributed by atoms with Crippen LogP contribution in [0.5, 0.6) is 0 Å². The van der Waals surface area contributed by atoms with E-state index in [0.29, 0.717) is 21.6 Å². The molecule has 1 fully saturated rings. The molecule has 1 aliphatic rings. The van der Waals surface area contributed by atoms with E-state index in [1.54, 1.807) is 6.20 Å². The lowest BCUT2D eigenvalue weighted by Gasteiger charge is -2.27. The standard InChI is InChI=1S/C29H27ClN4O3S/c1-17-7-8-19(15-21(17)30)24-11-12-25(37-24)28-27(23-6-4-5-13-31-23)33-29(38)34(28)20-9-10-22(18(2)14-20)32-26(35)16-36-3/h4-15,27-28H,16H2,1-3H3,(H,32,35)(H,33,38)/t27-,28-/m0/s1. The molecule has 0 saturated carbocycles. The highest BCUT2D eigenvalue weighted by molar-refractivity contribution is 7.80. The first-order valence-electron chi connectivity index (χ1n) is 12.1. The number of rotatable bonds is 7. The van der Waals surface area contributed by atoms with Crippen molar-refractivity contribution in [2.45, 2.75) is 25.9 Å². The Kier molecular flexibility index (Phi) is 7.46. The molecule has 2 aromatic heterocycles. The monoisotopic (exact) mass is 546 g/mol. The van der Waals surface area contributed by atoms with Gasteiger partial charge in [0.15, 0.2) is 5.11 Å². The number of halogens is 1. The number of aryl methyl sites for hydroxylation is 2. The molecule has 1 amide bonds. The number of carbonyl (C=O) groups is 1. The minimum absolute atomic E-state index is 0.0117. The topological polar surface area (TPSA) is 79.6 Å². The molecule has 2 N–H and O–H groups in total. The van der Waals surface area contributed by atoms with Gasteiger partial charge >= 0.3 is 0 Å². The molecule has 2 atom stereocenters. The molecule has 7 nitrogen and oxygen atoms in total. The van der Waals surface area contributed by atoms with E-state index in [1.165, 1.54) is 7.11 Å². The summed E-state index contributed by atoms with van der Waals surface area (Å²) in [5.41, 5.74) is 5.22. The summed E-state index contributed by atoms with van der Waals surface area (Å²) >= 11 is 12.2. The quantitative estimate of drug-likeness (QED) is 0.261. The summed E-state index contributed by atoms with van der Waals surface area (Å²) < 4.78 is 11.4. The second kappa shape index (κ2) is 10.9. The molecular weight excluding hydrogens is 520 g/mol. The Bertz CT molecular complexity index is 1490. The highest BCUT2D eigenvalue weighted by Crippen LogP contribution is 2.43. The molecule has 1 saturated heterocycles. The zero-order valence-electron chi connectivity index (χ0n) is 21.2. The summed E-state index contributed by atoms with van der Waals surface area (Å²) in [5.74, 6) is 1.23. The van der Waals surface area contributed by atoms with E-state index in [-0.39, 0.29) is 24.6 Å². The third-order valence-corrected chi connectivity index (χ3v) is 7.23. The number of methoxy groups -OCH3 is 1. The molecule has 194 valence electrons. The molecule has 1 aliphatic heterocycles. The molecule has 0 bridgehead atoms. The van der Waals surface area contributed by atoms with Crippen LogP contribution in [0.25, 0.3) is 11.3 Å². The fraction of sp³-hybridized carbons (Fsp3) is 0.207. The normalized spacial score (nSPS) is 16.9. The van der Waals surface area contributed by atoms with Gasteiger partial charge in [-0.3, -0.25) is 9.78 Å². The molecule has 9 heteroatoms. The van der Waals surface area contributed by atoms with E-state index in [0.717, 1.165) is 33.8 Å². The second-order valence-electron chi connectivity index (χ2n) is 9.14. The van der Waals surface area contributed by atoms with E-state index in [2.05, 4.69) is 15.6 Å². The van der Waals surface area contributed by atoms with Crippen LogP contribution in [0.2, 0.25) is 5.02 Å². The van der Waals surface area contributed by atoms with Crippen molar-refractivity contribution in [3.63, 3.8) is 0 Å². The Hall–Kier alpha value is -3.72. The maximum Gasteiger partial charge on any atom is 0.250 e. The molecule has 5 rings (SSSR count). The lowest BCUT2D eigenvalue weighted by Crippen LogP contribution is -2.29. The smallest absolute Gasteiger partial charge is 0.250 e. The van der Waals surface area contributed by atoms with Crippen molar-refractivity contribution < 1.29 is 13.9 Å². The van der Waals surface area contributed by atoms with Crippen molar-refractivity contribution in [1.82, 2.24) is 10.3 Å². The van der Waals surface area contributed by atoms with Gasteiger partial charge in [-0.2, -0.15) is 0 Å². The van der Waals surface area contributed by atoms with Gasteiger partial charge in [0.1, 0.15) is 24.2 Å². The van der Waals surface area contributed by atoms with Gasteiger partial charge in [-0.05, 0) is 85.7 Å². The second-order valence-corrected chi connectivity index (χ2v) is 9.94. The Balaban J connectivity index is 1.54. The maximum atomic E-state index is 12.0. The van der Waals surface area contributed by atoms with E-state index in [1.807, 2.05) is 85.5 Å². The Morgan fingerprint density at radius 2 is 1.97 bits per heavy atom. The van der Waals surface area contributed by atoms with Crippen LogP contribution < -0.4 is 15.5 Å². The first kappa shape index (κ1) is 25.9. The number of carbonyl (C=O) groups excluding carboxylic acids is 1. The molecule has 0 spiro atoms. The number of hydrogen-bond acceptors (Lipinski definition) is 5. The van der Waals surface area contributed by atoms with Crippen LogP contribution in [0.1, 0.15) is 34.7 Å². The minimum Gasteiger partial charge on any atom is -0.459 e. The van der Waals surface area contributed by atoms with E-state index in [9.17, 15) is 4.79 Å². The van der Waals surface area contributed by atoms with Crippen molar-refractivity contribution in [2.75, 3.05) is 23.9 Å². The van der Waals surface area contributed by atoms with Crippen LogP contribution in [0.4, 0.5) is 11.4 Å². The molecule has 4 aromatic rings. The lowest BCUT2D eigenvalue weighted by molar-refractivity contribution is -0.119. The first-order valence-corrected chi connectivity index (χ1v) is 12.9. The Morgan fingerprint density at radius 3 is 2.68 bits per heavy atom. The average Bonchev–Trinajstić information content (AvgIpc) is 3.52. The number of pyridine rings is 1. The number of amides is 1. The van der Waals surface area contributed by atoms with Gasteiger partial charge in [0.2, 0.25) is 5.91 Å². The summed E-state index contributed by atoms with van der Waals surface area (Å²) in [4.78, 5) is 18.7. The number of hydrogen-bond donors (Lipinski definition) is 2. The lowest BCUT2D eigenvalue weighted by atomic mass is 10.0. The molecule has 0 aliphatic carbocycles. The number of nitrogens with zero attached hydrogens (tertiary/aromatic N) is 2. The predicted octanol–water partition coefficient (Wildman–Crippen LogP) is 6.37. The van der Waals surface area contributed by atoms with Crippen LogP contribution in [-0.2, 0) is 9.53 Å². The molecule has 2 aromatic carbocycles. The third kappa shape index (κ3) is 5.15. The van der Waals surface area contributed by atoms with E-state index < -0.39 is 0 Å². The number of anilines is 2. The third-order valence-electron chi connectivity index (χ3n) is 6.51. The van der Waals surface area contributed by atoms with Gasteiger partial charge in [0.05, 0.1) is 11.7 Å². The van der Waals surface area contributed by atoms with Gasteiger partial charge in [-0.1, -0.05) is 29.8 Å². The average molecular weight is 547 g/mol. The zero-order chi connectivity index (χ0) is 26.8. The Morgan fingerprint density at radius 1 is 1.13 bits per heavy atom. The van der Waals surface area contributed by atoms with Crippen LogP contribution in [0.15, 0.2) is 77.3 Å².